The van der Waals surface area contributed by atoms with Crippen LogP contribution in [0.3, 0.4) is 0 Å². The van der Waals surface area contributed by atoms with Gasteiger partial charge in [-0.05, 0) is 0 Å². The molecule has 1 N–H and O–H groups in total. The van der Waals surface area contributed by atoms with Crippen LogP contribution >= 0.6 is 0 Å². The SMILES string of the molecule is Cc1[c-]cc(O)cc1.[Y]. The first-order valence-corrected chi connectivity index (χ1v) is 2.46. The van der Waals surface area contributed by atoms with Crippen molar-refractivity contribution in [3.63, 3.8) is 0 Å². The minimum absolute atomic E-state index is 0. The summed E-state index contributed by atoms with van der Waals surface area (Å²) >= 11 is 0. The van der Waals surface area contributed by atoms with Gasteiger partial charge < -0.3 is 5.11 Å². The minimum Gasteiger partial charge on any atom is -0.566 e. The van der Waals surface area contributed by atoms with Crippen molar-refractivity contribution < 1.29 is 37.8 Å². The Balaban J connectivity index is 0.000000640. The van der Waals surface area contributed by atoms with Gasteiger partial charge in [0.05, 0.1) is 0 Å². The predicted molar refractivity (Wildman–Crippen MR) is 31.7 cm³/mol. The largest absolute Gasteiger partial charge is 0.566 e. The average molecular weight is 196 g/mol. The Morgan fingerprint density at radius 3 is 2.44 bits per heavy atom. The van der Waals surface area contributed by atoms with Crippen LogP contribution in [-0.4, -0.2) is 5.11 Å². The van der Waals surface area contributed by atoms with Crippen LogP contribution in [0.1, 0.15) is 5.56 Å². The van der Waals surface area contributed by atoms with E-state index in [1.807, 2.05) is 13.0 Å². The molecule has 9 heavy (non-hydrogen) atoms. The van der Waals surface area contributed by atoms with Gasteiger partial charge in [-0.1, -0.05) is 6.92 Å². The standard InChI is InChI=1S/C7H7O.Y/c1-6-2-4-7(8)5-3-6;/h2,4-5,8H,1H3;/q-1;. The second-order valence-corrected chi connectivity index (χ2v) is 1.73. The zero-order valence-corrected chi connectivity index (χ0v) is 8.09. The van der Waals surface area contributed by atoms with Crippen molar-refractivity contribution in [3.8, 4) is 5.75 Å². The smallest absolute Gasteiger partial charge is 0.00323 e. The van der Waals surface area contributed by atoms with Crippen molar-refractivity contribution in [3.05, 3.63) is 29.8 Å². The molecule has 0 amide bonds. The van der Waals surface area contributed by atoms with Gasteiger partial charge in [-0.25, -0.2) is 0 Å². The molecule has 0 atom stereocenters. The van der Waals surface area contributed by atoms with Gasteiger partial charge in [0.2, 0.25) is 0 Å². The van der Waals surface area contributed by atoms with Crippen molar-refractivity contribution in [1.29, 1.82) is 0 Å². The molecule has 1 aromatic carbocycles. The van der Waals surface area contributed by atoms with E-state index in [0.717, 1.165) is 5.56 Å². The van der Waals surface area contributed by atoms with Crippen molar-refractivity contribution >= 4 is 0 Å². The van der Waals surface area contributed by atoms with Gasteiger partial charge in [0, 0.05) is 38.5 Å². The Kier molecular flexibility index (Phi) is 4.08. The summed E-state index contributed by atoms with van der Waals surface area (Å²) in [7, 11) is 0. The van der Waals surface area contributed by atoms with Crippen LogP contribution < -0.4 is 0 Å². The molecular formula is C7H7OY-. The maximum Gasteiger partial charge on any atom is 0.00323 e. The third-order valence-electron chi connectivity index (χ3n) is 0.952. The number of benzene rings is 1. The number of aromatic hydroxyl groups is 1. The Morgan fingerprint density at radius 1 is 1.44 bits per heavy atom. The topological polar surface area (TPSA) is 20.2 Å². The van der Waals surface area contributed by atoms with E-state index in [4.69, 9.17) is 5.11 Å². The minimum atomic E-state index is 0. The van der Waals surface area contributed by atoms with Crippen LogP contribution in [0.5, 0.6) is 5.75 Å². The van der Waals surface area contributed by atoms with Crippen LogP contribution in [-0.2, 0) is 32.7 Å². The summed E-state index contributed by atoms with van der Waals surface area (Å²) in [5.74, 6) is 0.274. The van der Waals surface area contributed by atoms with Gasteiger partial charge in [0.25, 0.3) is 0 Å². The van der Waals surface area contributed by atoms with Gasteiger partial charge in [-0.2, -0.15) is 17.7 Å². The number of hydrogen-bond acceptors (Lipinski definition) is 1. The average Bonchev–Trinajstić information content (AvgIpc) is 1.77. The molecule has 2 heteroatoms. The maximum atomic E-state index is 8.73. The summed E-state index contributed by atoms with van der Waals surface area (Å²) in [4.78, 5) is 0. The van der Waals surface area contributed by atoms with Crippen molar-refractivity contribution in [2.75, 3.05) is 0 Å². The normalized spacial score (nSPS) is 8.11. The van der Waals surface area contributed by atoms with E-state index in [9.17, 15) is 0 Å². The molecule has 0 aliphatic carbocycles. The van der Waals surface area contributed by atoms with Gasteiger partial charge in [0.1, 0.15) is 0 Å². The molecular weight excluding hydrogens is 189 g/mol. The predicted octanol–water partition coefficient (Wildman–Crippen LogP) is 1.50. The Bertz CT molecular complexity index is 148. The third-order valence-corrected chi connectivity index (χ3v) is 0.952. The van der Waals surface area contributed by atoms with Crippen LogP contribution in [0, 0.1) is 13.0 Å². The number of rotatable bonds is 0. The van der Waals surface area contributed by atoms with E-state index in [1.165, 1.54) is 0 Å². The molecule has 0 fully saturated rings. The molecule has 0 aliphatic rings. The first kappa shape index (κ1) is 9.12. The number of phenolic OH excluding ortho intramolecular Hbond substituents is 1. The molecule has 0 saturated carbocycles. The summed E-state index contributed by atoms with van der Waals surface area (Å²) in [6.45, 7) is 1.93. The number of phenols is 1. The Labute approximate surface area is 80.0 Å². The zero-order chi connectivity index (χ0) is 5.98. The molecule has 0 aromatic heterocycles. The monoisotopic (exact) mass is 196 g/mol. The summed E-state index contributed by atoms with van der Waals surface area (Å²) in [5, 5.41) is 8.73. The van der Waals surface area contributed by atoms with E-state index < -0.39 is 0 Å². The van der Waals surface area contributed by atoms with Gasteiger partial charge in [-0.3, -0.25) is 0 Å². The van der Waals surface area contributed by atoms with Gasteiger partial charge in [0.15, 0.2) is 0 Å². The molecule has 0 bridgehead atoms. The van der Waals surface area contributed by atoms with Crippen molar-refractivity contribution in [2.24, 2.45) is 0 Å². The molecule has 1 aromatic rings. The molecule has 0 aliphatic heterocycles. The Morgan fingerprint density at radius 2 is 2.11 bits per heavy atom. The number of aryl methyl sites for hydroxylation is 1. The Hall–Kier alpha value is 0.124. The molecule has 1 nitrogen and oxygen atoms in total. The van der Waals surface area contributed by atoms with E-state index >= 15 is 0 Å². The molecule has 1 rings (SSSR count). The fourth-order valence-corrected chi connectivity index (χ4v) is 0.494. The van der Waals surface area contributed by atoms with E-state index in [-0.39, 0.29) is 38.5 Å². The van der Waals surface area contributed by atoms with Crippen LogP contribution in [0.15, 0.2) is 18.2 Å². The zero-order valence-electron chi connectivity index (χ0n) is 5.26. The second kappa shape index (κ2) is 4.02. The molecule has 0 spiro atoms. The molecule has 45 valence electrons. The van der Waals surface area contributed by atoms with E-state index in [1.54, 1.807) is 12.1 Å². The van der Waals surface area contributed by atoms with Crippen molar-refractivity contribution in [1.82, 2.24) is 0 Å². The molecule has 0 heterocycles. The molecule has 0 saturated heterocycles. The van der Waals surface area contributed by atoms with Gasteiger partial charge >= 0.3 is 0 Å². The first-order valence-electron chi connectivity index (χ1n) is 2.46. The maximum absolute atomic E-state index is 8.73. The summed E-state index contributed by atoms with van der Waals surface area (Å²) < 4.78 is 0. The number of hydrogen-bond donors (Lipinski definition) is 1. The van der Waals surface area contributed by atoms with Gasteiger partial charge in [-0.15, -0.1) is 12.1 Å². The second-order valence-electron chi connectivity index (χ2n) is 1.73. The molecule has 0 unspecified atom stereocenters. The van der Waals surface area contributed by atoms with Crippen molar-refractivity contribution in [2.45, 2.75) is 6.92 Å². The summed E-state index contributed by atoms with van der Waals surface area (Å²) in [6.07, 6.45) is 0. The fraction of sp³-hybridized carbons (Fsp3) is 0.143. The van der Waals surface area contributed by atoms with E-state index in [2.05, 4.69) is 6.07 Å². The molecule has 1 radical (unpaired) electrons. The summed E-state index contributed by atoms with van der Waals surface area (Å²) in [6, 6.07) is 7.86. The third kappa shape index (κ3) is 2.97. The summed E-state index contributed by atoms with van der Waals surface area (Å²) in [5.41, 5.74) is 1.04. The first-order chi connectivity index (χ1) is 3.79. The quantitative estimate of drug-likeness (QED) is 0.623. The van der Waals surface area contributed by atoms with Crippen LogP contribution in [0.25, 0.3) is 0 Å². The van der Waals surface area contributed by atoms with Crippen LogP contribution in [0.2, 0.25) is 0 Å². The van der Waals surface area contributed by atoms with E-state index in [0.29, 0.717) is 0 Å². The van der Waals surface area contributed by atoms with Crippen LogP contribution in [0.4, 0.5) is 0 Å². The fourth-order valence-electron chi connectivity index (χ4n) is 0.494.